The lowest BCUT2D eigenvalue weighted by molar-refractivity contribution is 0.102. The normalized spacial score (nSPS) is 10.7. The second kappa shape index (κ2) is 7.03. The van der Waals surface area contributed by atoms with Crippen LogP contribution in [0.2, 0.25) is 5.02 Å². The molecule has 1 amide bonds. The van der Waals surface area contributed by atoms with Crippen molar-refractivity contribution in [1.29, 1.82) is 0 Å². The largest absolute Gasteiger partial charge is 0.407 e. The first-order valence-corrected chi connectivity index (χ1v) is 7.95. The van der Waals surface area contributed by atoms with Crippen LogP contribution in [0.25, 0.3) is 0 Å². The number of carbonyl (C=O) groups excluding carboxylic acids is 1. The molecule has 0 radical (unpaired) electrons. The number of amides is 1. The maximum atomic E-state index is 13.8. The fraction of sp³-hybridized carbons (Fsp3) is 0.167. The Morgan fingerprint density at radius 2 is 2.00 bits per heavy atom. The van der Waals surface area contributed by atoms with Crippen molar-refractivity contribution in [3.63, 3.8) is 0 Å². The first-order valence-electron chi connectivity index (χ1n) is 7.58. The molecule has 25 heavy (non-hydrogen) atoms. The second-order valence-electron chi connectivity index (χ2n) is 5.65. The average molecular weight is 360 g/mol. The van der Waals surface area contributed by atoms with E-state index in [9.17, 15) is 9.18 Å². The summed E-state index contributed by atoms with van der Waals surface area (Å²) in [5.74, 6) is -1.12. The van der Waals surface area contributed by atoms with Crippen molar-refractivity contribution in [2.75, 3.05) is 5.32 Å². The molecule has 5 nitrogen and oxygen atoms in total. The lowest BCUT2D eigenvalue weighted by atomic mass is 10.0. The predicted octanol–water partition coefficient (Wildman–Crippen LogP) is 4.32. The van der Waals surface area contributed by atoms with Gasteiger partial charge < -0.3 is 4.42 Å². The molecule has 0 aliphatic rings. The van der Waals surface area contributed by atoms with Gasteiger partial charge in [0.15, 0.2) is 0 Å². The zero-order valence-corrected chi connectivity index (χ0v) is 14.4. The number of nitrogens with zero attached hydrogens (tertiary/aromatic N) is 2. The number of benzene rings is 2. The van der Waals surface area contributed by atoms with Gasteiger partial charge >= 0.3 is 6.01 Å². The van der Waals surface area contributed by atoms with E-state index >= 15 is 0 Å². The maximum Gasteiger partial charge on any atom is 0.322 e. The Morgan fingerprint density at radius 3 is 2.72 bits per heavy atom. The summed E-state index contributed by atoms with van der Waals surface area (Å²) in [4.78, 5) is 12.1. The summed E-state index contributed by atoms with van der Waals surface area (Å²) in [6.07, 6.45) is 0.435. The maximum absolute atomic E-state index is 13.8. The van der Waals surface area contributed by atoms with Gasteiger partial charge in [0, 0.05) is 0 Å². The summed E-state index contributed by atoms with van der Waals surface area (Å²) < 4.78 is 19.2. The monoisotopic (exact) mass is 359 g/mol. The minimum atomic E-state index is -0.746. The number of hydrogen-bond donors (Lipinski definition) is 1. The predicted molar refractivity (Wildman–Crippen MR) is 92.4 cm³/mol. The van der Waals surface area contributed by atoms with Gasteiger partial charge in [0.05, 0.1) is 17.0 Å². The Morgan fingerprint density at radius 1 is 1.20 bits per heavy atom. The van der Waals surface area contributed by atoms with Gasteiger partial charge in [-0.3, -0.25) is 10.1 Å². The van der Waals surface area contributed by atoms with E-state index in [0.717, 1.165) is 11.6 Å². The molecule has 0 fully saturated rings. The van der Waals surface area contributed by atoms with Crippen LogP contribution in [0.4, 0.5) is 10.4 Å². The molecular weight excluding hydrogens is 345 g/mol. The van der Waals surface area contributed by atoms with E-state index in [1.807, 2.05) is 32.0 Å². The molecule has 3 rings (SSSR count). The van der Waals surface area contributed by atoms with Gasteiger partial charge in [-0.05, 0) is 42.7 Å². The van der Waals surface area contributed by atoms with Crippen LogP contribution in [0.5, 0.6) is 0 Å². The molecule has 128 valence electrons. The van der Waals surface area contributed by atoms with Crippen LogP contribution in [0.15, 0.2) is 40.8 Å². The number of carbonyl (C=O) groups is 1. The van der Waals surface area contributed by atoms with Crippen LogP contribution >= 0.6 is 11.6 Å². The van der Waals surface area contributed by atoms with Gasteiger partial charge in [-0.1, -0.05) is 41.0 Å². The molecule has 0 spiro atoms. The molecule has 2 aromatic carbocycles. The SMILES string of the molecule is Cc1ccc(Cc2nnc(NC(=O)c3c(F)cccc3Cl)o2)cc1C. The van der Waals surface area contributed by atoms with E-state index in [1.165, 1.54) is 23.3 Å². The highest BCUT2D eigenvalue weighted by molar-refractivity contribution is 6.34. The van der Waals surface area contributed by atoms with Crippen molar-refractivity contribution < 1.29 is 13.6 Å². The molecule has 0 bridgehead atoms. The van der Waals surface area contributed by atoms with Gasteiger partial charge in [-0.15, -0.1) is 5.10 Å². The Labute approximate surface area is 148 Å². The van der Waals surface area contributed by atoms with Gasteiger partial charge in [0.25, 0.3) is 5.91 Å². The zero-order chi connectivity index (χ0) is 18.0. The molecule has 0 saturated heterocycles. The lowest BCUT2D eigenvalue weighted by Gasteiger charge is -2.04. The Kier molecular flexibility index (Phi) is 4.81. The van der Waals surface area contributed by atoms with E-state index < -0.39 is 11.7 Å². The third kappa shape index (κ3) is 3.85. The Hall–Kier alpha value is -2.73. The molecular formula is C18H15ClFN3O2. The number of rotatable bonds is 4. The molecule has 1 N–H and O–H groups in total. The van der Waals surface area contributed by atoms with Crippen LogP contribution < -0.4 is 5.32 Å². The quantitative estimate of drug-likeness (QED) is 0.753. The van der Waals surface area contributed by atoms with E-state index in [-0.39, 0.29) is 16.6 Å². The van der Waals surface area contributed by atoms with E-state index in [2.05, 4.69) is 15.5 Å². The molecule has 0 atom stereocenters. The first-order chi connectivity index (χ1) is 11.9. The first kappa shape index (κ1) is 17.1. The van der Waals surface area contributed by atoms with E-state index in [1.54, 1.807) is 0 Å². The van der Waals surface area contributed by atoms with Gasteiger partial charge in [0.1, 0.15) is 5.82 Å². The van der Waals surface area contributed by atoms with E-state index in [4.69, 9.17) is 16.0 Å². The summed E-state index contributed by atoms with van der Waals surface area (Å²) in [6, 6.07) is 9.93. The molecule has 1 heterocycles. The smallest absolute Gasteiger partial charge is 0.322 e. The van der Waals surface area contributed by atoms with Crippen molar-refractivity contribution in [3.8, 4) is 0 Å². The van der Waals surface area contributed by atoms with Gasteiger partial charge in [-0.25, -0.2) is 4.39 Å². The number of aromatic nitrogens is 2. The van der Waals surface area contributed by atoms with Crippen molar-refractivity contribution in [2.45, 2.75) is 20.3 Å². The third-order valence-corrected chi connectivity index (χ3v) is 4.12. The number of anilines is 1. The van der Waals surface area contributed by atoms with Crippen LogP contribution in [-0.2, 0) is 6.42 Å². The van der Waals surface area contributed by atoms with Crippen molar-refractivity contribution in [1.82, 2.24) is 10.2 Å². The standard InChI is InChI=1S/C18H15ClFN3O2/c1-10-6-7-12(8-11(10)2)9-15-22-23-18(25-15)21-17(24)16-13(19)4-3-5-14(16)20/h3-8H,9H2,1-2H3,(H,21,23,24). The van der Waals surface area contributed by atoms with Crippen LogP contribution in [0.3, 0.4) is 0 Å². The van der Waals surface area contributed by atoms with Crippen molar-refractivity contribution >= 4 is 23.5 Å². The molecule has 1 aromatic heterocycles. The molecule has 0 aliphatic carbocycles. The molecule has 7 heteroatoms. The fourth-order valence-electron chi connectivity index (χ4n) is 2.34. The Bertz CT molecular complexity index is 920. The lowest BCUT2D eigenvalue weighted by Crippen LogP contribution is -2.14. The van der Waals surface area contributed by atoms with Gasteiger partial charge in [-0.2, -0.15) is 0 Å². The second-order valence-corrected chi connectivity index (χ2v) is 6.05. The van der Waals surface area contributed by atoms with Crippen LogP contribution in [0, 0.1) is 19.7 Å². The molecule has 0 unspecified atom stereocenters. The topological polar surface area (TPSA) is 68.0 Å². The summed E-state index contributed by atoms with van der Waals surface area (Å²) in [7, 11) is 0. The molecule has 3 aromatic rings. The van der Waals surface area contributed by atoms with Crippen molar-refractivity contribution in [2.24, 2.45) is 0 Å². The highest BCUT2D eigenvalue weighted by Gasteiger charge is 2.18. The fourth-order valence-corrected chi connectivity index (χ4v) is 2.59. The Balaban J connectivity index is 1.73. The summed E-state index contributed by atoms with van der Waals surface area (Å²) in [6.45, 7) is 4.06. The average Bonchev–Trinajstić information content (AvgIpc) is 2.98. The summed E-state index contributed by atoms with van der Waals surface area (Å²) in [5.41, 5.74) is 3.11. The zero-order valence-electron chi connectivity index (χ0n) is 13.6. The number of hydrogen-bond acceptors (Lipinski definition) is 4. The van der Waals surface area contributed by atoms with Gasteiger partial charge in [0.2, 0.25) is 5.89 Å². The summed E-state index contributed by atoms with van der Waals surface area (Å²) in [5, 5.41) is 10.0. The minimum Gasteiger partial charge on any atom is -0.407 e. The van der Waals surface area contributed by atoms with Crippen molar-refractivity contribution in [3.05, 3.63) is 75.4 Å². The third-order valence-electron chi connectivity index (χ3n) is 3.80. The van der Waals surface area contributed by atoms with Crippen LogP contribution in [0.1, 0.15) is 32.9 Å². The van der Waals surface area contributed by atoms with E-state index in [0.29, 0.717) is 12.3 Å². The van der Waals surface area contributed by atoms with Crippen LogP contribution in [-0.4, -0.2) is 16.1 Å². The highest BCUT2D eigenvalue weighted by Crippen LogP contribution is 2.21. The minimum absolute atomic E-state index is 0.00682. The molecule has 0 saturated carbocycles. The number of aryl methyl sites for hydroxylation is 2. The number of nitrogens with one attached hydrogen (secondary N) is 1. The highest BCUT2D eigenvalue weighted by atomic mass is 35.5. The molecule has 0 aliphatic heterocycles. The number of halogens is 2. The summed E-state index contributed by atoms with van der Waals surface area (Å²) >= 11 is 5.86.